The number of nitrogens with zero attached hydrogens (tertiary/aromatic N) is 3. The molecule has 0 aromatic carbocycles. The van der Waals surface area contributed by atoms with Gasteiger partial charge in [0.15, 0.2) is 5.69 Å². The number of aromatic nitrogens is 2. The number of rotatable bonds is 4. The van der Waals surface area contributed by atoms with Gasteiger partial charge in [0, 0.05) is 6.54 Å². The molecule has 6 heteroatoms. The van der Waals surface area contributed by atoms with E-state index in [2.05, 4.69) is 20.0 Å². The molecule has 1 rings (SSSR count). The molecule has 0 aliphatic heterocycles. The highest BCUT2D eigenvalue weighted by molar-refractivity contribution is 5.69. The van der Waals surface area contributed by atoms with Crippen molar-refractivity contribution in [1.29, 1.82) is 5.26 Å². The lowest BCUT2D eigenvalue weighted by molar-refractivity contribution is -0.140. The SMILES string of the molecule is COC(=O)CCNc1cnc(C#N)cn1. The Morgan fingerprint density at radius 1 is 1.60 bits per heavy atom. The normalized spacial score (nSPS) is 9.07. The van der Waals surface area contributed by atoms with Gasteiger partial charge in [-0.2, -0.15) is 5.26 Å². The van der Waals surface area contributed by atoms with Crippen LogP contribution in [0.25, 0.3) is 0 Å². The first-order valence-electron chi connectivity index (χ1n) is 4.29. The number of methoxy groups -OCH3 is 1. The molecule has 0 atom stereocenters. The van der Waals surface area contributed by atoms with Crippen LogP contribution in [-0.2, 0) is 9.53 Å². The maximum Gasteiger partial charge on any atom is 0.307 e. The van der Waals surface area contributed by atoms with Crippen molar-refractivity contribution in [2.75, 3.05) is 19.0 Å². The summed E-state index contributed by atoms with van der Waals surface area (Å²) in [5, 5.41) is 11.4. The van der Waals surface area contributed by atoms with Crippen LogP contribution in [0.2, 0.25) is 0 Å². The van der Waals surface area contributed by atoms with Gasteiger partial charge in [0.2, 0.25) is 0 Å². The number of anilines is 1. The summed E-state index contributed by atoms with van der Waals surface area (Å²) in [6.07, 6.45) is 3.06. The number of carbonyl (C=O) groups excluding carboxylic acids is 1. The molecule has 0 aliphatic rings. The van der Waals surface area contributed by atoms with Crippen molar-refractivity contribution in [2.24, 2.45) is 0 Å². The van der Waals surface area contributed by atoms with Crippen molar-refractivity contribution >= 4 is 11.8 Å². The first-order chi connectivity index (χ1) is 7.26. The summed E-state index contributed by atoms with van der Waals surface area (Å²) in [7, 11) is 1.34. The van der Waals surface area contributed by atoms with E-state index in [0.717, 1.165) is 0 Å². The van der Waals surface area contributed by atoms with E-state index in [4.69, 9.17) is 5.26 Å². The number of nitriles is 1. The fraction of sp³-hybridized carbons (Fsp3) is 0.333. The molecule has 0 amide bonds. The van der Waals surface area contributed by atoms with Gasteiger partial charge in [-0.25, -0.2) is 9.97 Å². The average Bonchev–Trinajstić information content (AvgIpc) is 2.29. The Morgan fingerprint density at radius 3 is 2.93 bits per heavy atom. The molecule has 78 valence electrons. The quantitative estimate of drug-likeness (QED) is 0.714. The van der Waals surface area contributed by atoms with E-state index in [1.54, 1.807) is 0 Å². The average molecular weight is 206 g/mol. The van der Waals surface area contributed by atoms with Crippen LogP contribution in [0.5, 0.6) is 0 Å². The third-order valence-electron chi connectivity index (χ3n) is 1.63. The van der Waals surface area contributed by atoms with Crippen LogP contribution < -0.4 is 5.32 Å². The van der Waals surface area contributed by atoms with E-state index in [-0.39, 0.29) is 18.1 Å². The minimum absolute atomic E-state index is 0.258. The zero-order valence-corrected chi connectivity index (χ0v) is 8.23. The standard InChI is InChI=1S/C9H10N4O2/c1-15-9(14)2-3-11-8-6-12-7(4-10)5-13-8/h5-6H,2-3H2,1H3,(H,11,13). The molecule has 0 radical (unpaired) electrons. The van der Waals surface area contributed by atoms with E-state index >= 15 is 0 Å². The molecule has 6 nitrogen and oxygen atoms in total. The third kappa shape index (κ3) is 3.60. The zero-order valence-electron chi connectivity index (χ0n) is 8.23. The summed E-state index contributed by atoms with van der Waals surface area (Å²) >= 11 is 0. The molecule has 0 unspecified atom stereocenters. The lowest BCUT2D eigenvalue weighted by Crippen LogP contribution is -2.10. The second kappa shape index (κ2) is 5.54. The van der Waals surface area contributed by atoms with Crippen LogP contribution in [0, 0.1) is 11.3 Å². The Bertz CT molecular complexity index is 369. The summed E-state index contributed by atoms with van der Waals surface area (Å²) < 4.78 is 4.47. The molecule has 1 heterocycles. The monoisotopic (exact) mass is 206 g/mol. The fourth-order valence-electron chi connectivity index (χ4n) is 0.872. The maximum absolute atomic E-state index is 10.8. The first-order valence-corrected chi connectivity index (χ1v) is 4.29. The minimum atomic E-state index is -0.288. The van der Waals surface area contributed by atoms with Gasteiger partial charge in [-0.15, -0.1) is 0 Å². The van der Waals surface area contributed by atoms with Crippen LogP contribution in [0.4, 0.5) is 5.82 Å². The molecule has 0 fully saturated rings. The van der Waals surface area contributed by atoms with Crippen molar-refractivity contribution in [3.63, 3.8) is 0 Å². The van der Waals surface area contributed by atoms with Crippen molar-refractivity contribution in [3.05, 3.63) is 18.1 Å². The molecule has 0 aliphatic carbocycles. The Balaban J connectivity index is 2.38. The van der Waals surface area contributed by atoms with Gasteiger partial charge in [0.05, 0.1) is 25.9 Å². The van der Waals surface area contributed by atoms with E-state index in [9.17, 15) is 4.79 Å². The highest BCUT2D eigenvalue weighted by Crippen LogP contribution is 2.00. The second-order valence-corrected chi connectivity index (χ2v) is 2.65. The van der Waals surface area contributed by atoms with Crippen molar-refractivity contribution in [3.8, 4) is 6.07 Å². The second-order valence-electron chi connectivity index (χ2n) is 2.65. The summed E-state index contributed by atoms with van der Waals surface area (Å²) in [5.74, 6) is 0.238. The lowest BCUT2D eigenvalue weighted by atomic mass is 10.4. The predicted octanol–water partition coefficient (Wildman–Crippen LogP) is 0.323. The predicted molar refractivity (Wildman–Crippen MR) is 51.9 cm³/mol. The van der Waals surface area contributed by atoms with Crippen molar-refractivity contribution in [1.82, 2.24) is 9.97 Å². The van der Waals surface area contributed by atoms with Gasteiger partial charge in [-0.05, 0) is 0 Å². The smallest absolute Gasteiger partial charge is 0.307 e. The number of ether oxygens (including phenoxy) is 1. The van der Waals surface area contributed by atoms with Gasteiger partial charge in [-0.1, -0.05) is 0 Å². The Kier molecular flexibility index (Phi) is 4.04. The molecule has 15 heavy (non-hydrogen) atoms. The van der Waals surface area contributed by atoms with Crippen LogP contribution in [-0.4, -0.2) is 29.6 Å². The number of hydrogen-bond donors (Lipinski definition) is 1. The van der Waals surface area contributed by atoms with Gasteiger partial charge in [0.1, 0.15) is 11.9 Å². The van der Waals surface area contributed by atoms with E-state index in [1.807, 2.05) is 6.07 Å². The lowest BCUT2D eigenvalue weighted by Gasteiger charge is -2.03. The van der Waals surface area contributed by atoms with Gasteiger partial charge in [-0.3, -0.25) is 4.79 Å². The number of hydrogen-bond acceptors (Lipinski definition) is 6. The van der Waals surface area contributed by atoms with Crippen LogP contribution in [0.15, 0.2) is 12.4 Å². The molecule has 0 saturated heterocycles. The molecular weight excluding hydrogens is 196 g/mol. The van der Waals surface area contributed by atoms with Crippen molar-refractivity contribution < 1.29 is 9.53 Å². The zero-order chi connectivity index (χ0) is 11.1. The van der Waals surface area contributed by atoms with Gasteiger partial charge < -0.3 is 10.1 Å². The summed E-state index contributed by atoms with van der Waals surface area (Å²) in [4.78, 5) is 18.5. The number of nitrogens with one attached hydrogen (secondary N) is 1. The molecule has 0 spiro atoms. The van der Waals surface area contributed by atoms with Gasteiger partial charge in [0.25, 0.3) is 0 Å². The third-order valence-corrected chi connectivity index (χ3v) is 1.63. The van der Waals surface area contributed by atoms with Crippen LogP contribution in [0.1, 0.15) is 12.1 Å². The summed E-state index contributed by atoms with van der Waals surface area (Å²) in [6, 6.07) is 1.86. The molecule has 1 aromatic heterocycles. The minimum Gasteiger partial charge on any atom is -0.469 e. The number of esters is 1. The van der Waals surface area contributed by atoms with E-state index < -0.39 is 0 Å². The van der Waals surface area contributed by atoms with E-state index in [0.29, 0.717) is 12.4 Å². The fourth-order valence-corrected chi connectivity index (χ4v) is 0.872. The maximum atomic E-state index is 10.8. The number of carbonyl (C=O) groups is 1. The van der Waals surface area contributed by atoms with E-state index in [1.165, 1.54) is 19.5 Å². The molecule has 1 aromatic rings. The first kappa shape index (κ1) is 10.9. The molecular formula is C9H10N4O2. The van der Waals surface area contributed by atoms with Crippen LogP contribution in [0.3, 0.4) is 0 Å². The Labute approximate surface area is 86.9 Å². The Morgan fingerprint density at radius 2 is 2.40 bits per heavy atom. The summed E-state index contributed by atoms with van der Waals surface area (Å²) in [6.45, 7) is 0.424. The molecule has 0 bridgehead atoms. The topological polar surface area (TPSA) is 87.9 Å². The van der Waals surface area contributed by atoms with Gasteiger partial charge >= 0.3 is 5.97 Å². The highest BCUT2D eigenvalue weighted by Gasteiger charge is 2.00. The Hall–Kier alpha value is -2.16. The highest BCUT2D eigenvalue weighted by atomic mass is 16.5. The molecule has 1 N–H and O–H groups in total. The molecule has 0 saturated carbocycles. The largest absolute Gasteiger partial charge is 0.469 e. The van der Waals surface area contributed by atoms with Crippen molar-refractivity contribution in [2.45, 2.75) is 6.42 Å². The van der Waals surface area contributed by atoms with Crippen LogP contribution >= 0.6 is 0 Å². The summed E-state index contributed by atoms with van der Waals surface area (Å²) in [5.41, 5.74) is 0.258.